The highest BCUT2D eigenvalue weighted by atomic mass is 19.1. The van der Waals surface area contributed by atoms with Gasteiger partial charge in [0.25, 0.3) is 5.91 Å². The zero-order valence-electron chi connectivity index (χ0n) is 14.0. The predicted octanol–water partition coefficient (Wildman–Crippen LogP) is 2.89. The average Bonchev–Trinajstić information content (AvgIpc) is 2.56. The fourth-order valence-corrected chi connectivity index (χ4v) is 2.34. The standard InChI is InChI=1S/C19H20FNO4/c1-12-4-3-5-16(10-12)25-13(2)18(22)21-11-17(19(23)24)14-6-8-15(20)9-7-14/h3-10,13,17H,11H2,1-2H3,(H,21,22)(H,23,24). The summed E-state index contributed by atoms with van der Waals surface area (Å²) in [6.07, 6.45) is -0.774. The van der Waals surface area contributed by atoms with Crippen LogP contribution in [0.15, 0.2) is 48.5 Å². The van der Waals surface area contributed by atoms with E-state index in [2.05, 4.69) is 5.32 Å². The molecule has 2 unspecified atom stereocenters. The van der Waals surface area contributed by atoms with E-state index in [1.807, 2.05) is 25.1 Å². The molecule has 0 saturated carbocycles. The summed E-state index contributed by atoms with van der Waals surface area (Å²) < 4.78 is 18.5. The number of benzene rings is 2. The number of halogens is 1. The van der Waals surface area contributed by atoms with Crippen LogP contribution >= 0.6 is 0 Å². The molecule has 0 fully saturated rings. The molecule has 6 heteroatoms. The lowest BCUT2D eigenvalue weighted by Gasteiger charge is -2.18. The molecule has 1 amide bonds. The van der Waals surface area contributed by atoms with Crippen molar-refractivity contribution in [3.63, 3.8) is 0 Å². The Labute approximate surface area is 145 Å². The highest BCUT2D eigenvalue weighted by molar-refractivity contribution is 5.82. The first-order chi connectivity index (χ1) is 11.9. The summed E-state index contributed by atoms with van der Waals surface area (Å²) >= 11 is 0. The lowest BCUT2D eigenvalue weighted by atomic mass is 9.99. The van der Waals surface area contributed by atoms with Gasteiger partial charge in [0, 0.05) is 6.54 Å². The Morgan fingerprint density at radius 2 is 1.88 bits per heavy atom. The van der Waals surface area contributed by atoms with Crippen LogP contribution in [0.25, 0.3) is 0 Å². The predicted molar refractivity (Wildman–Crippen MR) is 91.1 cm³/mol. The van der Waals surface area contributed by atoms with Gasteiger partial charge in [-0.05, 0) is 49.2 Å². The molecule has 2 aromatic rings. The van der Waals surface area contributed by atoms with Crippen molar-refractivity contribution >= 4 is 11.9 Å². The molecule has 0 radical (unpaired) electrons. The van der Waals surface area contributed by atoms with Crippen LogP contribution in [0.4, 0.5) is 4.39 Å². The van der Waals surface area contributed by atoms with Gasteiger partial charge in [-0.15, -0.1) is 0 Å². The van der Waals surface area contributed by atoms with E-state index >= 15 is 0 Å². The molecule has 0 bridgehead atoms. The molecule has 0 heterocycles. The number of aliphatic carboxylic acids is 1. The van der Waals surface area contributed by atoms with Gasteiger partial charge in [-0.25, -0.2) is 4.39 Å². The third-order valence-corrected chi connectivity index (χ3v) is 3.72. The van der Waals surface area contributed by atoms with Crippen LogP contribution in [0.3, 0.4) is 0 Å². The second-order valence-electron chi connectivity index (χ2n) is 5.76. The number of hydrogen-bond acceptors (Lipinski definition) is 3. The van der Waals surface area contributed by atoms with Crippen molar-refractivity contribution in [3.05, 3.63) is 65.5 Å². The van der Waals surface area contributed by atoms with Gasteiger partial charge >= 0.3 is 5.97 Å². The maximum atomic E-state index is 13.0. The molecule has 2 atom stereocenters. The van der Waals surface area contributed by atoms with Crippen LogP contribution in [0.5, 0.6) is 5.75 Å². The average molecular weight is 345 g/mol. The van der Waals surface area contributed by atoms with Crippen molar-refractivity contribution in [3.8, 4) is 5.75 Å². The molecule has 0 spiro atoms. The third-order valence-electron chi connectivity index (χ3n) is 3.72. The van der Waals surface area contributed by atoms with E-state index in [4.69, 9.17) is 4.74 Å². The number of nitrogens with one attached hydrogen (secondary N) is 1. The van der Waals surface area contributed by atoms with E-state index in [1.54, 1.807) is 13.0 Å². The van der Waals surface area contributed by atoms with E-state index in [0.29, 0.717) is 11.3 Å². The first-order valence-corrected chi connectivity index (χ1v) is 7.86. The summed E-state index contributed by atoms with van der Waals surface area (Å²) in [4.78, 5) is 23.6. The molecule has 0 aromatic heterocycles. The van der Waals surface area contributed by atoms with E-state index < -0.39 is 29.7 Å². The molecule has 2 rings (SSSR count). The Hall–Kier alpha value is -2.89. The van der Waals surface area contributed by atoms with Crippen LogP contribution in [-0.4, -0.2) is 29.6 Å². The first kappa shape index (κ1) is 18.4. The highest BCUT2D eigenvalue weighted by Gasteiger charge is 2.22. The second-order valence-corrected chi connectivity index (χ2v) is 5.76. The smallest absolute Gasteiger partial charge is 0.312 e. The Morgan fingerprint density at radius 3 is 2.48 bits per heavy atom. The summed E-state index contributed by atoms with van der Waals surface area (Å²) in [5.41, 5.74) is 1.42. The van der Waals surface area contributed by atoms with Crippen LogP contribution in [-0.2, 0) is 9.59 Å². The number of carboxylic acids is 1. The van der Waals surface area contributed by atoms with E-state index in [-0.39, 0.29) is 6.54 Å². The van der Waals surface area contributed by atoms with Crippen molar-refractivity contribution in [2.75, 3.05) is 6.54 Å². The molecule has 0 aliphatic rings. The molecule has 132 valence electrons. The molecule has 5 nitrogen and oxygen atoms in total. The lowest BCUT2D eigenvalue weighted by molar-refractivity contribution is -0.138. The molecule has 2 aromatic carbocycles. The summed E-state index contributed by atoms with van der Waals surface area (Å²) in [5.74, 6) is -2.36. The van der Waals surface area contributed by atoms with Gasteiger partial charge in [-0.3, -0.25) is 9.59 Å². The maximum Gasteiger partial charge on any atom is 0.312 e. The van der Waals surface area contributed by atoms with Gasteiger partial charge in [0.2, 0.25) is 0 Å². The molecular weight excluding hydrogens is 325 g/mol. The minimum absolute atomic E-state index is 0.110. The molecule has 0 aliphatic carbocycles. The number of amides is 1. The molecule has 0 aliphatic heterocycles. The Kier molecular flexibility index (Phi) is 6.11. The van der Waals surface area contributed by atoms with Crippen LogP contribution in [0.1, 0.15) is 24.0 Å². The number of ether oxygens (including phenoxy) is 1. The van der Waals surface area contributed by atoms with Gasteiger partial charge < -0.3 is 15.2 Å². The maximum absolute atomic E-state index is 13.0. The topological polar surface area (TPSA) is 75.6 Å². The molecule has 2 N–H and O–H groups in total. The molecule has 25 heavy (non-hydrogen) atoms. The summed E-state index contributed by atoms with van der Waals surface area (Å²) in [7, 11) is 0. The van der Waals surface area contributed by atoms with Crippen molar-refractivity contribution in [2.45, 2.75) is 25.9 Å². The Balaban J connectivity index is 1.96. The Bertz CT molecular complexity index is 745. The highest BCUT2D eigenvalue weighted by Crippen LogP contribution is 2.17. The number of carboxylic acid groups (broad SMARTS) is 1. The minimum atomic E-state index is -1.10. The van der Waals surface area contributed by atoms with Crippen molar-refractivity contribution in [1.29, 1.82) is 0 Å². The largest absolute Gasteiger partial charge is 0.481 e. The zero-order valence-corrected chi connectivity index (χ0v) is 14.0. The fraction of sp³-hybridized carbons (Fsp3) is 0.263. The zero-order chi connectivity index (χ0) is 18.4. The van der Waals surface area contributed by atoms with Gasteiger partial charge in [0.1, 0.15) is 11.6 Å². The lowest BCUT2D eigenvalue weighted by Crippen LogP contribution is -2.39. The molecular formula is C19H20FNO4. The number of aryl methyl sites for hydroxylation is 1. The quantitative estimate of drug-likeness (QED) is 0.809. The SMILES string of the molecule is Cc1cccc(OC(C)C(=O)NCC(C(=O)O)c2ccc(F)cc2)c1. The number of hydrogen-bond donors (Lipinski definition) is 2. The van der Waals surface area contributed by atoms with Crippen molar-refractivity contribution in [2.24, 2.45) is 0 Å². The van der Waals surface area contributed by atoms with Crippen LogP contribution in [0.2, 0.25) is 0 Å². The van der Waals surface area contributed by atoms with Crippen LogP contribution in [0, 0.1) is 12.7 Å². The summed E-state index contributed by atoms with van der Waals surface area (Å²) in [6.45, 7) is 3.39. The molecule has 0 saturated heterocycles. The van der Waals surface area contributed by atoms with Gasteiger partial charge in [0.05, 0.1) is 5.92 Å². The third kappa shape index (κ3) is 5.31. The number of rotatable bonds is 7. The number of carbonyl (C=O) groups is 2. The van der Waals surface area contributed by atoms with Gasteiger partial charge in [-0.1, -0.05) is 24.3 Å². The summed E-state index contributed by atoms with van der Waals surface area (Å²) in [5, 5.41) is 11.9. The van der Waals surface area contributed by atoms with Crippen molar-refractivity contribution in [1.82, 2.24) is 5.32 Å². The van der Waals surface area contributed by atoms with Crippen LogP contribution < -0.4 is 10.1 Å². The van der Waals surface area contributed by atoms with Crippen molar-refractivity contribution < 1.29 is 23.8 Å². The first-order valence-electron chi connectivity index (χ1n) is 7.86. The summed E-state index contributed by atoms with van der Waals surface area (Å²) in [6, 6.07) is 12.5. The normalized spacial score (nSPS) is 12.9. The minimum Gasteiger partial charge on any atom is -0.481 e. The second kappa shape index (κ2) is 8.28. The van der Waals surface area contributed by atoms with Gasteiger partial charge in [0.15, 0.2) is 6.10 Å². The fourth-order valence-electron chi connectivity index (χ4n) is 2.34. The van der Waals surface area contributed by atoms with E-state index in [1.165, 1.54) is 24.3 Å². The van der Waals surface area contributed by atoms with E-state index in [0.717, 1.165) is 5.56 Å². The van der Waals surface area contributed by atoms with Gasteiger partial charge in [-0.2, -0.15) is 0 Å². The monoisotopic (exact) mass is 345 g/mol. The Morgan fingerprint density at radius 1 is 1.20 bits per heavy atom. The number of carbonyl (C=O) groups excluding carboxylic acids is 1. The van der Waals surface area contributed by atoms with E-state index in [9.17, 15) is 19.1 Å².